The quantitative estimate of drug-likeness (QED) is 0.816. The summed E-state index contributed by atoms with van der Waals surface area (Å²) in [7, 11) is 4.36. The molecule has 5 nitrogen and oxygen atoms in total. The van der Waals surface area contributed by atoms with E-state index in [0.29, 0.717) is 49.0 Å². The SMILES string of the molecule is COc1cc([C@H](CC(F)(F)F)N2CCNCC2)cc(OC)c1OC.Cl. The molecule has 1 saturated heterocycles. The maximum absolute atomic E-state index is 13.1. The Labute approximate surface area is 151 Å². The van der Waals surface area contributed by atoms with E-state index in [1.165, 1.54) is 21.3 Å². The highest BCUT2D eigenvalue weighted by atomic mass is 35.5. The lowest BCUT2D eigenvalue weighted by Crippen LogP contribution is -2.46. The van der Waals surface area contributed by atoms with Gasteiger partial charge in [0, 0.05) is 32.2 Å². The van der Waals surface area contributed by atoms with Crippen molar-refractivity contribution in [2.75, 3.05) is 47.5 Å². The molecule has 1 N–H and O–H groups in total. The Morgan fingerprint density at radius 1 is 1.04 bits per heavy atom. The topological polar surface area (TPSA) is 43.0 Å². The Balaban J connectivity index is 0.00000312. The van der Waals surface area contributed by atoms with Crippen LogP contribution in [0.1, 0.15) is 18.0 Å². The third kappa shape index (κ3) is 5.55. The van der Waals surface area contributed by atoms with Crippen LogP contribution in [0.2, 0.25) is 0 Å². The Morgan fingerprint density at radius 3 is 1.96 bits per heavy atom. The van der Waals surface area contributed by atoms with E-state index >= 15 is 0 Å². The summed E-state index contributed by atoms with van der Waals surface area (Å²) in [6, 6.07) is 2.40. The van der Waals surface area contributed by atoms with Gasteiger partial charge in [0.15, 0.2) is 11.5 Å². The van der Waals surface area contributed by atoms with Gasteiger partial charge in [-0.15, -0.1) is 12.4 Å². The molecular weight excluding hydrogens is 361 g/mol. The fraction of sp³-hybridized carbons (Fsp3) is 0.625. The van der Waals surface area contributed by atoms with Crippen molar-refractivity contribution < 1.29 is 27.4 Å². The van der Waals surface area contributed by atoms with Crippen LogP contribution in [0.3, 0.4) is 0 Å². The van der Waals surface area contributed by atoms with Crippen molar-refractivity contribution in [3.63, 3.8) is 0 Å². The largest absolute Gasteiger partial charge is 0.493 e. The Bertz CT molecular complexity index is 527. The van der Waals surface area contributed by atoms with E-state index in [-0.39, 0.29) is 12.4 Å². The van der Waals surface area contributed by atoms with Crippen molar-refractivity contribution in [2.24, 2.45) is 0 Å². The van der Waals surface area contributed by atoms with Crippen LogP contribution in [0.25, 0.3) is 0 Å². The first kappa shape index (κ1) is 21.7. The number of alkyl halides is 3. The van der Waals surface area contributed by atoms with Gasteiger partial charge in [-0.3, -0.25) is 4.90 Å². The summed E-state index contributed by atoms with van der Waals surface area (Å²) >= 11 is 0. The molecule has 1 aromatic carbocycles. The molecule has 0 unspecified atom stereocenters. The van der Waals surface area contributed by atoms with Gasteiger partial charge in [-0.25, -0.2) is 0 Å². The summed E-state index contributed by atoms with van der Waals surface area (Å²) in [5, 5.41) is 3.15. The van der Waals surface area contributed by atoms with E-state index in [0.717, 1.165) is 0 Å². The van der Waals surface area contributed by atoms with Crippen molar-refractivity contribution in [1.29, 1.82) is 0 Å². The zero-order valence-corrected chi connectivity index (χ0v) is 15.3. The third-order valence-corrected chi connectivity index (χ3v) is 4.09. The zero-order valence-electron chi connectivity index (χ0n) is 14.5. The maximum Gasteiger partial charge on any atom is 0.390 e. The molecule has 1 heterocycles. The maximum atomic E-state index is 13.1. The Hall–Kier alpha value is -1.38. The minimum absolute atomic E-state index is 0. The predicted octanol–water partition coefficient (Wildman–Crippen LogP) is 3.03. The van der Waals surface area contributed by atoms with Gasteiger partial charge in [-0.2, -0.15) is 13.2 Å². The van der Waals surface area contributed by atoms with Crippen molar-refractivity contribution in [1.82, 2.24) is 10.2 Å². The first-order valence-corrected chi connectivity index (χ1v) is 7.71. The molecule has 144 valence electrons. The van der Waals surface area contributed by atoms with Gasteiger partial charge in [-0.05, 0) is 17.7 Å². The van der Waals surface area contributed by atoms with E-state index in [9.17, 15) is 13.2 Å². The number of methoxy groups -OCH3 is 3. The Morgan fingerprint density at radius 2 is 1.56 bits per heavy atom. The van der Waals surface area contributed by atoms with Crippen molar-refractivity contribution in [3.05, 3.63) is 17.7 Å². The lowest BCUT2D eigenvalue weighted by Gasteiger charge is -2.36. The minimum atomic E-state index is -4.27. The number of benzene rings is 1. The molecule has 0 amide bonds. The monoisotopic (exact) mass is 384 g/mol. The van der Waals surface area contributed by atoms with E-state index in [2.05, 4.69) is 5.32 Å². The predicted molar refractivity (Wildman–Crippen MR) is 91.2 cm³/mol. The summed E-state index contributed by atoms with van der Waals surface area (Å²) in [6.07, 6.45) is -5.19. The molecule has 9 heteroatoms. The zero-order chi connectivity index (χ0) is 17.7. The van der Waals surface area contributed by atoms with Gasteiger partial charge in [0.05, 0.1) is 27.8 Å². The van der Waals surface area contributed by atoms with Crippen molar-refractivity contribution >= 4 is 12.4 Å². The van der Waals surface area contributed by atoms with Gasteiger partial charge < -0.3 is 19.5 Å². The highest BCUT2D eigenvalue weighted by molar-refractivity contribution is 5.85. The first-order valence-electron chi connectivity index (χ1n) is 7.71. The molecular formula is C16H24ClF3N2O3. The van der Waals surface area contributed by atoms with Gasteiger partial charge >= 0.3 is 6.18 Å². The molecule has 1 aliphatic rings. The fourth-order valence-electron chi connectivity index (χ4n) is 2.96. The number of halogens is 4. The van der Waals surface area contributed by atoms with Crippen molar-refractivity contribution in [2.45, 2.75) is 18.6 Å². The number of hydrogen-bond donors (Lipinski definition) is 1. The first-order chi connectivity index (χ1) is 11.4. The normalized spacial score (nSPS) is 16.7. The van der Waals surface area contributed by atoms with E-state index in [4.69, 9.17) is 14.2 Å². The second-order valence-corrected chi connectivity index (χ2v) is 5.58. The molecule has 0 radical (unpaired) electrons. The molecule has 0 saturated carbocycles. The summed E-state index contributed by atoms with van der Waals surface area (Å²) in [5.41, 5.74) is 0.503. The summed E-state index contributed by atoms with van der Waals surface area (Å²) in [5.74, 6) is 1.08. The second kappa shape index (κ2) is 9.35. The molecule has 25 heavy (non-hydrogen) atoms. The van der Waals surface area contributed by atoms with E-state index in [1.54, 1.807) is 12.1 Å². The van der Waals surface area contributed by atoms with Gasteiger partial charge in [0.25, 0.3) is 0 Å². The lowest BCUT2D eigenvalue weighted by atomic mass is 9.99. The van der Waals surface area contributed by atoms with Crippen LogP contribution < -0.4 is 19.5 Å². The number of rotatable bonds is 6. The average Bonchev–Trinajstić information content (AvgIpc) is 2.58. The van der Waals surface area contributed by atoms with Crippen molar-refractivity contribution in [3.8, 4) is 17.2 Å². The number of nitrogens with zero attached hydrogens (tertiary/aromatic N) is 1. The molecule has 1 aliphatic heterocycles. The molecule has 2 rings (SSSR count). The third-order valence-electron chi connectivity index (χ3n) is 4.09. The Kier molecular flexibility index (Phi) is 8.11. The highest BCUT2D eigenvalue weighted by Gasteiger charge is 2.36. The van der Waals surface area contributed by atoms with Gasteiger partial charge in [-0.1, -0.05) is 0 Å². The van der Waals surface area contributed by atoms with Crippen LogP contribution in [-0.2, 0) is 0 Å². The smallest absolute Gasteiger partial charge is 0.390 e. The molecule has 1 atom stereocenters. The van der Waals surface area contributed by atoms with E-state index < -0.39 is 18.6 Å². The number of ether oxygens (including phenoxy) is 3. The fourth-order valence-corrected chi connectivity index (χ4v) is 2.96. The molecule has 0 aliphatic carbocycles. The molecule has 0 aromatic heterocycles. The summed E-state index contributed by atoms with van der Waals surface area (Å²) < 4.78 is 55.2. The van der Waals surface area contributed by atoms with Gasteiger partial charge in [0.2, 0.25) is 5.75 Å². The van der Waals surface area contributed by atoms with Crippen LogP contribution in [0.15, 0.2) is 12.1 Å². The second-order valence-electron chi connectivity index (χ2n) is 5.58. The van der Waals surface area contributed by atoms with Crippen LogP contribution in [0.5, 0.6) is 17.2 Å². The minimum Gasteiger partial charge on any atom is -0.493 e. The summed E-state index contributed by atoms with van der Waals surface area (Å²) in [4.78, 5) is 1.84. The number of piperazine rings is 1. The van der Waals surface area contributed by atoms with Crippen LogP contribution in [0, 0.1) is 0 Å². The number of nitrogens with one attached hydrogen (secondary N) is 1. The average molecular weight is 385 g/mol. The molecule has 0 bridgehead atoms. The lowest BCUT2D eigenvalue weighted by molar-refractivity contribution is -0.148. The van der Waals surface area contributed by atoms with E-state index in [1.807, 2.05) is 4.90 Å². The molecule has 0 spiro atoms. The molecule has 1 aromatic rings. The molecule has 1 fully saturated rings. The highest BCUT2D eigenvalue weighted by Crippen LogP contribution is 2.43. The van der Waals surface area contributed by atoms with Crippen LogP contribution >= 0.6 is 12.4 Å². The van der Waals surface area contributed by atoms with Gasteiger partial charge in [0.1, 0.15) is 0 Å². The summed E-state index contributed by atoms with van der Waals surface area (Å²) in [6.45, 7) is 2.44. The number of hydrogen-bond acceptors (Lipinski definition) is 5. The standard InChI is InChI=1S/C16H23F3N2O3.ClH/c1-22-13-8-11(9-14(23-2)15(13)24-3)12(10-16(17,18)19)21-6-4-20-5-7-21;/h8-9,12,20H,4-7,10H2,1-3H3;1H/t12-;/m0./s1. The van der Waals surface area contributed by atoms with Crippen LogP contribution in [-0.4, -0.2) is 58.6 Å². The van der Waals surface area contributed by atoms with Crippen LogP contribution in [0.4, 0.5) is 13.2 Å².